The van der Waals surface area contributed by atoms with Gasteiger partial charge >= 0.3 is 5.97 Å². The Morgan fingerprint density at radius 1 is 1.10 bits per heavy atom. The Hall–Kier alpha value is -1.15. The number of carbonyl (C=O) groups is 2. The maximum absolute atomic E-state index is 11.9. The first kappa shape index (κ1) is 16.9. The minimum Gasteiger partial charge on any atom is -0.469 e. The number of hydrogen-bond donors (Lipinski definition) is 0. The molecule has 0 aromatic heterocycles. The number of carbonyl (C=O) groups excluding carboxylic acids is 2. The summed E-state index contributed by atoms with van der Waals surface area (Å²) in [5, 5.41) is 0. The van der Waals surface area contributed by atoms with E-state index in [2.05, 4.69) is 4.74 Å². The molecule has 0 N–H and O–H groups in total. The highest BCUT2D eigenvalue weighted by atomic mass is 32.2. The number of nitrogens with zero attached hydrogens (tertiary/aromatic N) is 2. The number of esters is 1. The highest BCUT2D eigenvalue weighted by Crippen LogP contribution is 2.10. The number of hydrogen-bond acceptors (Lipinski definition) is 5. The third-order valence-electron chi connectivity index (χ3n) is 3.34. The van der Waals surface area contributed by atoms with E-state index in [0.29, 0.717) is 32.6 Å². The summed E-state index contributed by atoms with van der Waals surface area (Å²) < 4.78 is 29.5. The van der Waals surface area contributed by atoms with Crippen molar-refractivity contribution >= 4 is 21.9 Å². The van der Waals surface area contributed by atoms with Gasteiger partial charge in [0, 0.05) is 32.6 Å². The zero-order valence-corrected chi connectivity index (χ0v) is 12.8. The van der Waals surface area contributed by atoms with Crippen LogP contribution in [0.15, 0.2) is 0 Å². The Bertz CT molecular complexity index is 449. The van der Waals surface area contributed by atoms with E-state index in [0.717, 1.165) is 0 Å². The predicted octanol–water partition coefficient (Wildman–Crippen LogP) is -0.176. The first-order valence-corrected chi connectivity index (χ1v) is 8.34. The van der Waals surface area contributed by atoms with Gasteiger partial charge in [0.1, 0.15) is 0 Å². The molecule has 0 bridgehead atoms. The number of methoxy groups -OCH3 is 1. The molecule has 1 aliphatic heterocycles. The predicted molar refractivity (Wildman–Crippen MR) is 73.5 cm³/mol. The third-order valence-corrected chi connectivity index (χ3v) is 5.22. The van der Waals surface area contributed by atoms with E-state index >= 15 is 0 Å². The second kappa shape index (κ2) is 7.58. The van der Waals surface area contributed by atoms with E-state index in [1.165, 1.54) is 11.4 Å². The first-order chi connectivity index (χ1) is 9.40. The van der Waals surface area contributed by atoms with Gasteiger partial charge < -0.3 is 9.64 Å². The molecule has 0 saturated carbocycles. The highest BCUT2D eigenvalue weighted by Gasteiger charge is 2.25. The van der Waals surface area contributed by atoms with E-state index in [9.17, 15) is 18.0 Å². The van der Waals surface area contributed by atoms with Gasteiger partial charge in [0.2, 0.25) is 15.9 Å². The van der Waals surface area contributed by atoms with Gasteiger partial charge in [-0.25, -0.2) is 12.7 Å². The Labute approximate surface area is 119 Å². The monoisotopic (exact) mass is 306 g/mol. The Balaban J connectivity index is 2.51. The maximum atomic E-state index is 11.9. The van der Waals surface area contributed by atoms with Crippen LogP contribution in [0, 0.1) is 0 Å². The van der Waals surface area contributed by atoms with Gasteiger partial charge in [-0.3, -0.25) is 9.59 Å². The molecule has 1 aliphatic rings. The average molecular weight is 306 g/mol. The lowest BCUT2D eigenvalue weighted by atomic mass is 10.2. The SMILES string of the molecule is CCS(=O)(=O)N1CCCN(C(=O)CCC(=O)OC)CC1. The number of sulfonamides is 1. The summed E-state index contributed by atoms with van der Waals surface area (Å²) in [4.78, 5) is 24.6. The van der Waals surface area contributed by atoms with E-state index < -0.39 is 16.0 Å². The molecule has 20 heavy (non-hydrogen) atoms. The van der Waals surface area contributed by atoms with Gasteiger partial charge in [-0.15, -0.1) is 0 Å². The van der Waals surface area contributed by atoms with Crippen LogP contribution in [0.1, 0.15) is 26.2 Å². The van der Waals surface area contributed by atoms with Gasteiger partial charge in [0.25, 0.3) is 0 Å². The molecule has 0 unspecified atom stereocenters. The summed E-state index contributed by atoms with van der Waals surface area (Å²) in [6.07, 6.45) is 0.777. The summed E-state index contributed by atoms with van der Waals surface area (Å²) in [5.74, 6) is -0.474. The molecule has 0 spiro atoms. The van der Waals surface area contributed by atoms with Gasteiger partial charge in [-0.1, -0.05) is 0 Å². The molecule has 0 aromatic carbocycles. The van der Waals surface area contributed by atoms with Crippen LogP contribution >= 0.6 is 0 Å². The van der Waals surface area contributed by atoms with Crippen molar-refractivity contribution in [1.29, 1.82) is 0 Å². The van der Waals surface area contributed by atoms with Gasteiger partial charge in [0.05, 0.1) is 19.3 Å². The molecular formula is C12H22N2O5S. The lowest BCUT2D eigenvalue weighted by Gasteiger charge is -2.21. The van der Waals surface area contributed by atoms with E-state index in [1.54, 1.807) is 11.8 Å². The molecule has 7 nitrogen and oxygen atoms in total. The van der Waals surface area contributed by atoms with Crippen molar-refractivity contribution in [2.24, 2.45) is 0 Å². The van der Waals surface area contributed by atoms with Crippen molar-refractivity contribution in [2.75, 3.05) is 39.0 Å². The van der Waals surface area contributed by atoms with Crippen LogP contribution in [-0.4, -0.2) is 68.5 Å². The molecule has 1 heterocycles. The zero-order valence-electron chi connectivity index (χ0n) is 12.0. The lowest BCUT2D eigenvalue weighted by molar-refractivity contribution is -0.143. The van der Waals surface area contributed by atoms with E-state index in [4.69, 9.17) is 0 Å². The van der Waals surface area contributed by atoms with Crippen molar-refractivity contribution in [1.82, 2.24) is 9.21 Å². The van der Waals surface area contributed by atoms with Crippen LogP contribution in [0.5, 0.6) is 0 Å². The van der Waals surface area contributed by atoms with Crippen LogP contribution in [0.2, 0.25) is 0 Å². The fourth-order valence-corrected chi connectivity index (χ4v) is 3.21. The smallest absolute Gasteiger partial charge is 0.306 e. The van der Waals surface area contributed by atoms with Crippen molar-refractivity contribution < 1.29 is 22.7 Å². The van der Waals surface area contributed by atoms with Crippen LogP contribution in [-0.2, 0) is 24.3 Å². The average Bonchev–Trinajstić information content (AvgIpc) is 2.70. The molecule has 0 aromatic rings. The number of rotatable bonds is 5. The number of ether oxygens (including phenoxy) is 1. The summed E-state index contributed by atoms with van der Waals surface area (Å²) in [6, 6.07) is 0. The second-order valence-electron chi connectivity index (χ2n) is 4.61. The topological polar surface area (TPSA) is 84.0 Å². The molecule has 116 valence electrons. The van der Waals surface area contributed by atoms with Gasteiger partial charge in [0.15, 0.2) is 0 Å². The Kier molecular flexibility index (Phi) is 6.41. The molecule has 0 atom stereocenters. The minimum atomic E-state index is -3.20. The highest BCUT2D eigenvalue weighted by molar-refractivity contribution is 7.89. The van der Waals surface area contributed by atoms with Gasteiger partial charge in [-0.05, 0) is 13.3 Å². The normalized spacial score (nSPS) is 17.6. The first-order valence-electron chi connectivity index (χ1n) is 6.73. The third kappa shape index (κ3) is 4.75. The molecule has 1 rings (SSSR count). The Morgan fingerprint density at radius 3 is 2.40 bits per heavy atom. The quantitative estimate of drug-likeness (QED) is 0.658. The molecular weight excluding hydrogens is 284 g/mol. The van der Waals surface area contributed by atoms with Crippen LogP contribution in [0.3, 0.4) is 0 Å². The fraction of sp³-hybridized carbons (Fsp3) is 0.833. The van der Waals surface area contributed by atoms with Crippen molar-refractivity contribution in [3.8, 4) is 0 Å². The van der Waals surface area contributed by atoms with Crippen LogP contribution in [0.4, 0.5) is 0 Å². The molecule has 0 radical (unpaired) electrons. The van der Waals surface area contributed by atoms with Crippen molar-refractivity contribution in [3.63, 3.8) is 0 Å². The van der Waals surface area contributed by atoms with E-state index in [-0.39, 0.29) is 24.5 Å². The van der Waals surface area contributed by atoms with Crippen molar-refractivity contribution in [3.05, 3.63) is 0 Å². The van der Waals surface area contributed by atoms with Crippen LogP contribution < -0.4 is 0 Å². The zero-order chi connectivity index (χ0) is 15.2. The standard InChI is InChI=1S/C12H22N2O5S/c1-3-20(17,18)14-8-4-7-13(9-10-14)11(15)5-6-12(16)19-2/h3-10H2,1-2H3. The molecule has 8 heteroatoms. The Morgan fingerprint density at radius 2 is 1.80 bits per heavy atom. The number of amides is 1. The largest absolute Gasteiger partial charge is 0.469 e. The minimum absolute atomic E-state index is 0.0583. The molecule has 1 fully saturated rings. The molecule has 1 saturated heterocycles. The maximum Gasteiger partial charge on any atom is 0.306 e. The second-order valence-corrected chi connectivity index (χ2v) is 6.87. The molecule has 1 amide bonds. The summed E-state index contributed by atoms with van der Waals surface area (Å²) in [7, 11) is -1.92. The summed E-state index contributed by atoms with van der Waals surface area (Å²) >= 11 is 0. The van der Waals surface area contributed by atoms with Crippen molar-refractivity contribution in [2.45, 2.75) is 26.2 Å². The lowest BCUT2D eigenvalue weighted by Crippen LogP contribution is -2.38. The fourth-order valence-electron chi connectivity index (χ4n) is 2.07. The van der Waals surface area contributed by atoms with E-state index in [1.807, 2.05) is 0 Å². The van der Waals surface area contributed by atoms with Crippen LogP contribution in [0.25, 0.3) is 0 Å². The molecule has 0 aliphatic carbocycles. The summed E-state index contributed by atoms with van der Waals surface area (Å²) in [5.41, 5.74) is 0. The van der Waals surface area contributed by atoms with Gasteiger partial charge in [-0.2, -0.15) is 0 Å². The summed E-state index contributed by atoms with van der Waals surface area (Å²) in [6.45, 7) is 3.27.